The summed E-state index contributed by atoms with van der Waals surface area (Å²) in [6.07, 6.45) is 0.619. The third-order valence-corrected chi connectivity index (χ3v) is 2.25. The Labute approximate surface area is 90.2 Å². The second-order valence-electron chi connectivity index (χ2n) is 2.66. The van der Waals surface area contributed by atoms with E-state index in [1.165, 1.54) is 7.11 Å². The lowest BCUT2D eigenvalue weighted by Crippen LogP contribution is -1.99. The molecule has 0 atom stereocenters. The van der Waals surface area contributed by atoms with E-state index in [4.69, 9.17) is 4.74 Å². The number of para-hydroxylation sites is 1. The Morgan fingerprint density at radius 2 is 2.29 bits per heavy atom. The van der Waals surface area contributed by atoms with Crippen molar-refractivity contribution < 1.29 is 9.66 Å². The van der Waals surface area contributed by atoms with Gasteiger partial charge in [-0.1, -0.05) is 28.1 Å². The van der Waals surface area contributed by atoms with E-state index in [0.717, 1.165) is 0 Å². The van der Waals surface area contributed by atoms with E-state index in [9.17, 15) is 10.1 Å². The molecule has 1 rings (SSSR count). The number of nitrogens with zero attached hydrogens (tertiary/aromatic N) is 1. The predicted molar refractivity (Wildman–Crippen MR) is 57.1 cm³/mol. The molecule has 1 aromatic rings. The van der Waals surface area contributed by atoms with Crippen molar-refractivity contribution in [3.05, 3.63) is 33.9 Å². The summed E-state index contributed by atoms with van der Waals surface area (Å²) >= 11 is 3.25. The molecule has 0 aliphatic rings. The van der Waals surface area contributed by atoms with Crippen molar-refractivity contribution in [1.29, 1.82) is 0 Å². The molecule has 0 aliphatic carbocycles. The Balaban J connectivity index is 3.20. The standard InChI is InChI=1S/C9H10BrNO3/c1-14-8-4-2-3-7(5-6-10)9(8)11(12)13/h2-4H,5-6H2,1H3. The van der Waals surface area contributed by atoms with Crippen LogP contribution in [0.4, 0.5) is 5.69 Å². The molecule has 0 aromatic heterocycles. The summed E-state index contributed by atoms with van der Waals surface area (Å²) in [6, 6.07) is 5.08. The minimum absolute atomic E-state index is 0.0643. The molecule has 1 aromatic carbocycles. The topological polar surface area (TPSA) is 52.4 Å². The zero-order chi connectivity index (χ0) is 10.6. The highest BCUT2D eigenvalue weighted by molar-refractivity contribution is 9.09. The van der Waals surface area contributed by atoms with Crippen LogP contribution in [-0.4, -0.2) is 17.4 Å². The molecule has 0 unspecified atom stereocenters. The Bertz CT molecular complexity index is 341. The zero-order valence-electron chi connectivity index (χ0n) is 7.70. The Hall–Kier alpha value is -1.10. The molecular formula is C9H10BrNO3. The molecule has 0 bridgehead atoms. The molecular weight excluding hydrogens is 250 g/mol. The van der Waals surface area contributed by atoms with Crippen LogP contribution in [-0.2, 0) is 6.42 Å². The van der Waals surface area contributed by atoms with Gasteiger partial charge in [0, 0.05) is 10.9 Å². The van der Waals surface area contributed by atoms with Crippen LogP contribution in [0, 0.1) is 10.1 Å². The minimum atomic E-state index is -0.406. The molecule has 0 saturated carbocycles. The first kappa shape index (κ1) is 11.0. The van der Waals surface area contributed by atoms with Crippen LogP contribution in [0.15, 0.2) is 18.2 Å². The molecule has 76 valence electrons. The van der Waals surface area contributed by atoms with E-state index >= 15 is 0 Å². The monoisotopic (exact) mass is 259 g/mol. The first-order valence-corrected chi connectivity index (χ1v) is 5.19. The largest absolute Gasteiger partial charge is 0.490 e. The fourth-order valence-electron chi connectivity index (χ4n) is 1.24. The quantitative estimate of drug-likeness (QED) is 0.475. The number of halogens is 1. The lowest BCUT2D eigenvalue weighted by Gasteiger charge is -2.05. The summed E-state index contributed by atoms with van der Waals surface area (Å²) in [5.74, 6) is 0.313. The van der Waals surface area contributed by atoms with Crippen molar-refractivity contribution in [2.45, 2.75) is 6.42 Å². The number of rotatable bonds is 4. The van der Waals surface area contributed by atoms with Gasteiger partial charge in [-0.2, -0.15) is 0 Å². The van der Waals surface area contributed by atoms with Crippen LogP contribution in [0.25, 0.3) is 0 Å². The molecule has 14 heavy (non-hydrogen) atoms. The Morgan fingerprint density at radius 1 is 1.57 bits per heavy atom. The maximum Gasteiger partial charge on any atom is 0.314 e. The molecule has 0 amide bonds. The predicted octanol–water partition coefficient (Wildman–Crippen LogP) is 2.54. The number of methoxy groups -OCH3 is 1. The van der Waals surface area contributed by atoms with E-state index in [1.54, 1.807) is 18.2 Å². The van der Waals surface area contributed by atoms with Crippen LogP contribution in [0.1, 0.15) is 5.56 Å². The van der Waals surface area contributed by atoms with Crippen LogP contribution >= 0.6 is 15.9 Å². The van der Waals surface area contributed by atoms with E-state index in [1.807, 2.05) is 0 Å². The molecule has 0 aliphatic heterocycles. The molecule has 5 heteroatoms. The maximum absolute atomic E-state index is 10.8. The number of alkyl halides is 1. The van der Waals surface area contributed by atoms with E-state index in [2.05, 4.69) is 15.9 Å². The number of nitro groups is 1. The van der Waals surface area contributed by atoms with Gasteiger partial charge in [-0.15, -0.1) is 0 Å². The molecule has 0 saturated heterocycles. The van der Waals surface area contributed by atoms with Gasteiger partial charge in [-0.3, -0.25) is 10.1 Å². The van der Waals surface area contributed by atoms with Gasteiger partial charge in [0.2, 0.25) is 0 Å². The zero-order valence-corrected chi connectivity index (χ0v) is 9.28. The van der Waals surface area contributed by atoms with Crippen LogP contribution in [0.5, 0.6) is 5.75 Å². The van der Waals surface area contributed by atoms with Crippen LogP contribution in [0.2, 0.25) is 0 Å². The minimum Gasteiger partial charge on any atom is -0.490 e. The van der Waals surface area contributed by atoms with Crippen molar-refractivity contribution >= 4 is 21.6 Å². The normalized spacial score (nSPS) is 9.86. The summed E-state index contributed by atoms with van der Waals surface area (Å²) in [5.41, 5.74) is 0.751. The van der Waals surface area contributed by atoms with Crippen molar-refractivity contribution in [3.8, 4) is 5.75 Å². The lowest BCUT2D eigenvalue weighted by atomic mass is 10.1. The van der Waals surface area contributed by atoms with E-state index in [-0.39, 0.29) is 5.69 Å². The summed E-state index contributed by atoms with van der Waals surface area (Å²) in [7, 11) is 1.43. The fourth-order valence-corrected chi connectivity index (χ4v) is 1.67. The van der Waals surface area contributed by atoms with E-state index < -0.39 is 4.92 Å². The number of hydrogen-bond donors (Lipinski definition) is 0. The highest BCUT2D eigenvalue weighted by Gasteiger charge is 2.19. The average Bonchev–Trinajstić information content (AvgIpc) is 2.17. The van der Waals surface area contributed by atoms with Gasteiger partial charge in [0.1, 0.15) is 0 Å². The van der Waals surface area contributed by atoms with Crippen molar-refractivity contribution in [2.24, 2.45) is 0 Å². The van der Waals surface area contributed by atoms with E-state index in [0.29, 0.717) is 23.1 Å². The molecule has 0 spiro atoms. The van der Waals surface area contributed by atoms with Crippen LogP contribution in [0.3, 0.4) is 0 Å². The summed E-state index contributed by atoms with van der Waals surface area (Å²) in [4.78, 5) is 10.4. The molecule has 0 radical (unpaired) electrons. The Morgan fingerprint density at radius 3 is 2.79 bits per heavy atom. The summed E-state index contributed by atoms with van der Waals surface area (Å²) in [5, 5.41) is 11.5. The average molecular weight is 260 g/mol. The third-order valence-electron chi connectivity index (χ3n) is 1.85. The van der Waals surface area contributed by atoms with Gasteiger partial charge in [-0.25, -0.2) is 0 Å². The molecule has 0 fully saturated rings. The summed E-state index contributed by atoms with van der Waals surface area (Å²) < 4.78 is 4.94. The molecule has 0 N–H and O–H groups in total. The second-order valence-corrected chi connectivity index (χ2v) is 3.46. The van der Waals surface area contributed by atoms with Gasteiger partial charge < -0.3 is 4.74 Å². The molecule has 4 nitrogen and oxygen atoms in total. The maximum atomic E-state index is 10.8. The van der Waals surface area contributed by atoms with Crippen LogP contribution < -0.4 is 4.74 Å². The SMILES string of the molecule is COc1cccc(CCBr)c1[N+](=O)[O-]. The second kappa shape index (κ2) is 4.95. The highest BCUT2D eigenvalue weighted by atomic mass is 79.9. The molecule has 0 heterocycles. The van der Waals surface area contributed by atoms with Gasteiger partial charge in [0.05, 0.1) is 12.0 Å². The number of ether oxygens (including phenoxy) is 1. The van der Waals surface area contributed by atoms with Crippen molar-refractivity contribution in [1.82, 2.24) is 0 Å². The fraction of sp³-hybridized carbons (Fsp3) is 0.333. The van der Waals surface area contributed by atoms with Crippen molar-refractivity contribution in [2.75, 3.05) is 12.4 Å². The number of aryl methyl sites for hydroxylation is 1. The third kappa shape index (κ3) is 2.23. The van der Waals surface area contributed by atoms with Gasteiger partial charge in [-0.05, 0) is 12.5 Å². The highest BCUT2D eigenvalue weighted by Crippen LogP contribution is 2.30. The summed E-state index contributed by atoms with van der Waals surface area (Å²) in [6.45, 7) is 0. The van der Waals surface area contributed by atoms with Crippen molar-refractivity contribution in [3.63, 3.8) is 0 Å². The smallest absolute Gasteiger partial charge is 0.314 e. The number of benzene rings is 1. The van der Waals surface area contributed by atoms with Gasteiger partial charge in [0.25, 0.3) is 0 Å². The van der Waals surface area contributed by atoms with Gasteiger partial charge >= 0.3 is 5.69 Å². The number of hydrogen-bond acceptors (Lipinski definition) is 3. The first-order valence-electron chi connectivity index (χ1n) is 4.07. The van der Waals surface area contributed by atoms with Gasteiger partial charge in [0.15, 0.2) is 5.75 Å². The first-order chi connectivity index (χ1) is 6.70. The Kier molecular flexibility index (Phi) is 3.88. The number of nitro benzene ring substituents is 1. The lowest BCUT2D eigenvalue weighted by molar-refractivity contribution is -0.386.